The number of aliphatic imine (C=N–C) groups is 1. The van der Waals surface area contributed by atoms with Crippen LogP contribution in [0.4, 0.5) is 0 Å². The van der Waals surface area contributed by atoms with Crippen molar-refractivity contribution < 1.29 is 4.79 Å². The lowest BCUT2D eigenvalue weighted by Gasteiger charge is -2.10. The standard InChI is InChI=1S/C5H8N4O/c6-2-1-3(7)9-5(8)4(2)10/h1,5H,6,8H2,(H2,7,9). The van der Waals surface area contributed by atoms with E-state index < -0.39 is 6.17 Å². The summed E-state index contributed by atoms with van der Waals surface area (Å²) in [5.41, 5.74) is 15.8. The van der Waals surface area contributed by atoms with Crippen molar-refractivity contribution in [1.29, 1.82) is 0 Å². The van der Waals surface area contributed by atoms with Gasteiger partial charge in [-0.3, -0.25) is 4.79 Å². The predicted molar refractivity (Wildman–Crippen MR) is 36.9 cm³/mol. The van der Waals surface area contributed by atoms with E-state index in [0.29, 0.717) is 0 Å². The highest BCUT2D eigenvalue weighted by molar-refractivity contribution is 6.09. The van der Waals surface area contributed by atoms with Gasteiger partial charge in [-0.2, -0.15) is 0 Å². The van der Waals surface area contributed by atoms with Crippen LogP contribution in [-0.4, -0.2) is 17.8 Å². The first-order chi connectivity index (χ1) is 4.61. The fourth-order valence-corrected chi connectivity index (χ4v) is 0.658. The molecule has 1 aliphatic heterocycles. The number of hydrogen-bond donors (Lipinski definition) is 3. The Labute approximate surface area is 57.6 Å². The molecule has 1 unspecified atom stereocenters. The molecule has 0 amide bonds. The van der Waals surface area contributed by atoms with Crippen molar-refractivity contribution in [3.05, 3.63) is 11.8 Å². The summed E-state index contributed by atoms with van der Waals surface area (Å²) in [6.45, 7) is 0. The van der Waals surface area contributed by atoms with Crippen LogP contribution in [0.3, 0.4) is 0 Å². The van der Waals surface area contributed by atoms with E-state index in [4.69, 9.17) is 17.2 Å². The molecule has 0 bridgehead atoms. The highest BCUT2D eigenvalue weighted by atomic mass is 16.1. The van der Waals surface area contributed by atoms with Crippen molar-refractivity contribution in [3.63, 3.8) is 0 Å². The van der Waals surface area contributed by atoms with E-state index in [2.05, 4.69) is 4.99 Å². The predicted octanol–water partition coefficient (Wildman–Crippen LogP) is -1.95. The van der Waals surface area contributed by atoms with Crippen LogP contribution >= 0.6 is 0 Å². The summed E-state index contributed by atoms with van der Waals surface area (Å²) >= 11 is 0. The van der Waals surface area contributed by atoms with Crippen LogP contribution in [0.15, 0.2) is 16.8 Å². The van der Waals surface area contributed by atoms with E-state index in [0.717, 1.165) is 0 Å². The third-order valence-electron chi connectivity index (χ3n) is 1.14. The lowest BCUT2D eigenvalue weighted by molar-refractivity contribution is -0.116. The van der Waals surface area contributed by atoms with Crippen LogP contribution < -0.4 is 17.2 Å². The van der Waals surface area contributed by atoms with E-state index in [-0.39, 0.29) is 17.3 Å². The van der Waals surface area contributed by atoms with E-state index in [1.165, 1.54) is 6.08 Å². The van der Waals surface area contributed by atoms with Crippen molar-refractivity contribution in [2.75, 3.05) is 0 Å². The van der Waals surface area contributed by atoms with Gasteiger partial charge in [0.05, 0.1) is 5.70 Å². The summed E-state index contributed by atoms with van der Waals surface area (Å²) in [4.78, 5) is 14.4. The van der Waals surface area contributed by atoms with E-state index in [1.54, 1.807) is 0 Å². The highest BCUT2D eigenvalue weighted by Crippen LogP contribution is 1.99. The van der Waals surface area contributed by atoms with Crippen molar-refractivity contribution in [3.8, 4) is 0 Å². The molecule has 6 N–H and O–H groups in total. The molecule has 10 heavy (non-hydrogen) atoms. The fraction of sp³-hybridized carbons (Fsp3) is 0.200. The number of hydrogen-bond acceptors (Lipinski definition) is 5. The zero-order valence-corrected chi connectivity index (χ0v) is 5.24. The van der Waals surface area contributed by atoms with E-state index in [9.17, 15) is 4.79 Å². The number of rotatable bonds is 0. The molecule has 0 aromatic rings. The number of amidine groups is 1. The zero-order valence-electron chi connectivity index (χ0n) is 5.24. The molecule has 5 heteroatoms. The average molecular weight is 140 g/mol. The van der Waals surface area contributed by atoms with Crippen molar-refractivity contribution in [1.82, 2.24) is 0 Å². The molecule has 5 nitrogen and oxygen atoms in total. The Morgan fingerprint density at radius 2 is 2.10 bits per heavy atom. The molecule has 1 rings (SSSR count). The summed E-state index contributed by atoms with van der Waals surface area (Å²) in [7, 11) is 0. The Morgan fingerprint density at radius 1 is 1.50 bits per heavy atom. The molecule has 0 aromatic carbocycles. The second-order valence-corrected chi connectivity index (χ2v) is 1.96. The molecular formula is C5H8N4O. The zero-order chi connectivity index (χ0) is 7.72. The first-order valence-electron chi connectivity index (χ1n) is 2.71. The van der Waals surface area contributed by atoms with Gasteiger partial charge in [0.15, 0.2) is 6.17 Å². The normalized spacial score (nSPS) is 25.7. The highest BCUT2D eigenvalue weighted by Gasteiger charge is 2.18. The maximum Gasteiger partial charge on any atom is 0.217 e. The Balaban J connectivity index is 2.95. The molecule has 1 heterocycles. The second-order valence-electron chi connectivity index (χ2n) is 1.96. The van der Waals surface area contributed by atoms with E-state index >= 15 is 0 Å². The van der Waals surface area contributed by atoms with Crippen molar-refractivity contribution >= 4 is 11.6 Å². The summed E-state index contributed by atoms with van der Waals surface area (Å²) in [6.07, 6.45) is 0.385. The molecule has 0 fully saturated rings. The van der Waals surface area contributed by atoms with Gasteiger partial charge >= 0.3 is 0 Å². The van der Waals surface area contributed by atoms with E-state index in [1.807, 2.05) is 0 Å². The quantitative estimate of drug-likeness (QED) is 0.363. The van der Waals surface area contributed by atoms with Crippen LogP contribution in [0.5, 0.6) is 0 Å². The number of nitrogens with two attached hydrogens (primary N) is 3. The largest absolute Gasteiger partial charge is 0.396 e. The average Bonchev–Trinajstić information content (AvgIpc) is 1.82. The van der Waals surface area contributed by atoms with Crippen molar-refractivity contribution in [2.24, 2.45) is 22.2 Å². The van der Waals surface area contributed by atoms with Gasteiger partial charge in [-0.15, -0.1) is 0 Å². The molecular weight excluding hydrogens is 132 g/mol. The Morgan fingerprint density at radius 3 is 2.60 bits per heavy atom. The maximum atomic E-state index is 10.8. The molecule has 54 valence electrons. The minimum absolute atomic E-state index is 0.0694. The number of Topliss-reactive ketones (excluding diaryl/α,β-unsaturated/α-hetero) is 1. The third kappa shape index (κ3) is 0.985. The van der Waals surface area contributed by atoms with Gasteiger partial charge < -0.3 is 17.2 Å². The van der Waals surface area contributed by atoms with Gasteiger partial charge in [-0.1, -0.05) is 0 Å². The second kappa shape index (κ2) is 2.11. The minimum Gasteiger partial charge on any atom is -0.396 e. The van der Waals surface area contributed by atoms with Gasteiger partial charge in [0, 0.05) is 6.08 Å². The number of nitrogens with zero attached hydrogens (tertiary/aromatic N) is 1. The summed E-state index contributed by atoms with van der Waals surface area (Å²) < 4.78 is 0. The van der Waals surface area contributed by atoms with Crippen molar-refractivity contribution in [2.45, 2.75) is 6.17 Å². The molecule has 0 spiro atoms. The summed E-state index contributed by atoms with van der Waals surface area (Å²) in [5.74, 6) is -0.182. The van der Waals surface area contributed by atoms with Gasteiger partial charge in [-0.05, 0) is 0 Å². The summed E-state index contributed by atoms with van der Waals surface area (Å²) in [6, 6.07) is 0. The van der Waals surface area contributed by atoms with Gasteiger partial charge in [0.1, 0.15) is 5.84 Å². The minimum atomic E-state index is -0.912. The third-order valence-corrected chi connectivity index (χ3v) is 1.14. The lowest BCUT2D eigenvalue weighted by atomic mass is 10.2. The molecule has 0 aromatic heterocycles. The molecule has 1 atom stereocenters. The Hall–Kier alpha value is -1.36. The topological polar surface area (TPSA) is 107 Å². The first-order valence-corrected chi connectivity index (χ1v) is 2.71. The van der Waals surface area contributed by atoms with Crippen LogP contribution in [0.2, 0.25) is 0 Å². The molecule has 0 aliphatic carbocycles. The fourth-order valence-electron chi connectivity index (χ4n) is 0.658. The molecule has 0 saturated carbocycles. The first kappa shape index (κ1) is 6.76. The smallest absolute Gasteiger partial charge is 0.217 e. The summed E-state index contributed by atoms with van der Waals surface area (Å²) in [5, 5.41) is 0. The van der Waals surface area contributed by atoms with Gasteiger partial charge in [0.2, 0.25) is 5.78 Å². The number of carbonyl (C=O) groups excluding carboxylic acids is 1. The molecule has 0 saturated heterocycles. The Kier molecular flexibility index (Phi) is 1.42. The number of ketones is 1. The van der Waals surface area contributed by atoms with Crippen LogP contribution in [0.1, 0.15) is 0 Å². The maximum absolute atomic E-state index is 10.8. The van der Waals surface area contributed by atoms with Gasteiger partial charge in [0.25, 0.3) is 0 Å². The molecule has 0 radical (unpaired) electrons. The molecule has 1 aliphatic rings. The number of carbonyl (C=O) groups is 1. The Bertz CT molecular complexity index is 230. The van der Waals surface area contributed by atoms with Crippen LogP contribution in [-0.2, 0) is 4.79 Å². The SMILES string of the molecule is NC1=CC(N)=NC(N)C1=O. The monoisotopic (exact) mass is 140 g/mol. The van der Waals surface area contributed by atoms with Crippen LogP contribution in [0, 0.1) is 0 Å². The lowest BCUT2D eigenvalue weighted by Crippen LogP contribution is -2.38. The number of dihydropyridines is 1. The van der Waals surface area contributed by atoms with Gasteiger partial charge in [-0.25, -0.2) is 4.99 Å². The van der Waals surface area contributed by atoms with Crippen LogP contribution in [0.25, 0.3) is 0 Å².